The van der Waals surface area contributed by atoms with E-state index in [1.165, 1.54) is 20.3 Å². The lowest BCUT2D eigenvalue weighted by Gasteiger charge is -2.13. The van der Waals surface area contributed by atoms with Crippen molar-refractivity contribution in [1.82, 2.24) is 9.78 Å². The second kappa shape index (κ2) is 6.49. The predicted molar refractivity (Wildman–Crippen MR) is 87.7 cm³/mol. The van der Waals surface area contributed by atoms with Gasteiger partial charge in [0.1, 0.15) is 16.4 Å². The average molecular weight is 339 g/mol. The Morgan fingerprint density at radius 2 is 1.91 bits per heavy atom. The van der Waals surface area contributed by atoms with Gasteiger partial charge in [-0.2, -0.15) is 5.10 Å². The van der Waals surface area contributed by atoms with Crippen LogP contribution in [0.4, 0.5) is 5.69 Å². The highest BCUT2D eigenvalue weighted by molar-refractivity contribution is 7.92. The lowest BCUT2D eigenvalue weighted by molar-refractivity contribution is 0.392. The molecular weight excluding hydrogens is 318 g/mol. The maximum absolute atomic E-state index is 12.8. The summed E-state index contributed by atoms with van der Waals surface area (Å²) in [6.07, 6.45) is 0. The quantitative estimate of drug-likeness (QED) is 0.873. The molecule has 0 saturated carbocycles. The average Bonchev–Trinajstić information content (AvgIpc) is 2.81. The van der Waals surface area contributed by atoms with Crippen molar-refractivity contribution in [3.05, 3.63) is 29.6 Å². The Bertz CT molecular complexity index is 812. The molecule has 0 unspecified atom stereocenters. The van der Waals surface area contributed by atoms with E-state index < -0.39 is 10.0 Å². The Kier molecular flexibility index (Phi) is 4.84. The van der Waals surface area contributed by atoms with Gasteiger partial charge in [0.25, 0.3) is 10.0 Å². The Hall–Kier alpha value is -2.22. The van der Waals surface area contributed by atoms with E-state index in [1.807, 2.05) is 13.8 Å². The molecule has 0 aliphatic carbocycles. The number of ether oxygens (including phenoxy) is 2. The summed E-state index contributed by atoms with van der Waals surface area (Å²) in [5.74, 6) is 0.681. The van der Waals surface area contributed by atoms with Crippen LogP contribution in [-0.2, 0) is 16.6 Å². The smallest absolute Gasteiger partial charge is 0.265 e. The van der Waals surface area contributed by atoms with Crippen LogP contribution in [0.15, 0.2) is 23.1 Å². The van der Waals surface area contributed by atoms with Gasteiger partial charge in [0.2, 0.25) is 0 Å². The molecule has 0 fully saturated rings. The molecule has 8 heteroatoms. The SMILES string of the molecule is CCn1nc(C)c(NS(=O)(=O)c2cc(OC)ccc2OC)c1C. The minimum absolute atomic E-state index is 0.0161. The Morgan fingerprint density at radius 3 is 2.43 bits per heavy atom. The monoisotopic (exact) mass is 339 g/mol. The topological polar surface area (TPSA) is 82.5 Å². The van der Waals surface area contributed by atoms with Crippen LogP contribution in [0, 0.1) is 13.8 Å². The fourth-order valence-corrected chi connectivity index (χ4v) is 3.70. The molecule has 0 spiro atoms. The van der Waals surface area contributed by atoms with Crippen LogP contribution in [0.25, 0.3) is 0 Å². The molecule has 126 valence electrons. The molecule has 1 N–H and O–H groups in total. The van der Waals surface area contributed by atoms with Gasteiger partial charge in [0.05, 0.1) is 31.3 Å². The van der Waals surface area contributed by atoms with Gasteiger partial charge in [0, 0.05) is 12.6 Å². The second-order valence-corrected chi connectivity index (χ2v) is 6.63. The van der Waals surface area contributed by atoms with Crippen molar-refractivity contribution in [2.45, 2.75) is 32.2 Å². The van der Waals surface area contributed by atoms with Crippen molar-refractivity contribution in [2.75, 3.05) is 18.9 Å². The first kappa shape index (κ1) is 17.1. The maximum atomic E-state index is 12.8. The van der Waals surface area contributed by atoms with Crippen LogP contribution >= 0.6 is 0 Å². The lowest BCUT2D eigenvalue weighted by atomic mass is 10.3. The number of benzene rings is 1. The summed E-state index contributed by atoms with van der Waals surface area (Å²) < 4.78 is 40.2. The second-order valence-electron chi connectivity index (χ2n) is 4.98. The molecule has 23 heavy (non-hydrogen) atoms. The van der Waals surface area contributed by atoms with Gasteiger partial charge in [0.15, 0.2) is 0 Å². The predicted octanol–water partition coefficient (Wildman–Crippen LogP) is 2.34. The van der Waals surface area contributed by atoms with E-state index in [9.17, 15) is 8.42 Å². The number of aryl methyl sites for hydroxylation is 2. The van der Waals surface area contributed by atoms with E-state index in [2.05, 4.69) is 9.82 Å². The first-order chi connectivity index (χ1) is 10.8. The van der Waals surface area contributed by atoms with Crippen LogP contribution in [0.5, 0.6) is 11.5 Å². The minimum atomic E-state index is -3.84. The van der Waals surface area contributed by atoms with Crippen molar-refractivity contribution >= 4 is 15.7 Å². The van der Waals surface area contributed by atoms with Crippen LogP contribution in [0.3, 0.4) is 0 Å². The normalized spacial score (nSPS) is 11.3. The number of nitrogens with zero attached hydrogens (tertiary/aromatic N) is 2. The molecule has 7 nitrogen and oxygen atoms in total. The molecular formula is C15H21N3O4S. The highest BCUT2D eigenvalue weighted by Gasteiger charge is 2.23. The van der Waals surface area contributed by atoms with E-state index in [1.54, 1.807) is 23.7 Å². The zero-order valence-electron chi connectivity index (χ0n) is 13.9. The number of nitrogens with one attached hydrogen (secondary N) is 1. The van der Waals surface area contributed by atoms with Crippen molar-refractivity contribution in [1.29, 1.82) is 0 Å². The highest BCUT2D eigenvalue weighted by Crippen LogP contribution is 2.31. The van der Waals surface area contributed by atoms with E-state index in [4.69, 9.17) is 9.47 Å². The molecule has 0 aliphatic heterocycles. The van der Waals surface area contributed by atoms with Gasteiger partial charge in [-0.1, -0.05) is 0 Å². The Balaban J connectivity index is 2.49. The zero-order valence-corrected chi connectivity index (χ0v) is 14.7. The summed E-state index contributed by atoms with van der Waals surface area (Å²) in [5.41, 5.74) is 1.86. The van der Waals surface area contributed by atoms with Crippen LogP contribution in [0.1, 0.15) is 18.3 Å². The summed E-state index contributed by atoms with van der Waals surface area (Å²) in [4.78, 5) is 0.0161. The first-order valence-corrected chi connectivity index (χ1v) is 8.61. The highest BCUT2D eigenvalue weighted by atomic mass is 32.2. The van der Waals surface area contributed by atoms with Crippen LogP contribution < -0.4 is 14.2 Å². The third-order valence-corrected chi connectivity index (χ3v) is 4.95. The summed E-state index contributed by atoms with van der Waals surface area (Å²) in [5, 5.41) is 4.32. The van der Waals surface area contributed by atoms with Gasteiger partial charge < -0.3 is 9.47 Å². The van der Waals surface area contributed by atoms with E-state index in [0.717, 1.165) is 5.69 Å². The molecule has 0 radical (unpaired) electrons. The molecule has 0 aliphatic rings. The summed E-state index contributed by atoms with van der Waals surface area (Å²) in [6.45, 7) is 6.20. The van der Waals surface area contributed by atoms with Crippen LogP contribution in [-0.4, -0.2) is 32.4 Å². The standard InChI is InChI=1S/C15H21N3O4S/c1-6-18-11(3)15(10(2)16-18)17-23(19,20)14-9-12(21-4)7-8-13(14)22-5/h7-9,17H,6H2,1-5H3. The Labute approximate surface area is 136 Å². The van der Waals surface area contributed by atoms with E-state index in [-0.39, 0.29) is 10.6 Å². The number of rotatable bonds is 6. The first-order valence-electron chi connectivity index (χ1n) is 7.12. The van der Waals surface area contributed by atoms with Crippen molar-refractivity contribution in [3.63, 3.8) is 0 Å². The molecule has 0 atom stereocenters. The van der Waals surface area contributed by atoms with Gasteiger partial charge in [-0.3, -0.25) is 9.40 Å². The molecule has 1 aromatic heterocycles. The Morgan fingerprint density at radius 1 is 1.22 bits per heavy atom. The maximum Gasteiger partial charge on any atom is 0.265 e. The molecule has 0 bridgehead atoms. The van der Waals surface area contributed by atoms with Crippen molar-refractivity contribution < 1.29 is 17.9 Å². The number of methoxy groups -OCH3 is 2. The third kappa shape index (κ3) is 3.26. The molecule has 0 amide bonds. The van der Waals surface area contributed by atoms with Gasteiger partial charge in [-0.15, -0.1) is 0 Å². The van der Waals surface area contributed by atoms with Crippen molar-refractivity contribution in [2.24, 2.45) is 0 Å². The molecule has 1 heterocycles. The van der Waals surface area contributed by atoms with Crippen LogP contribution in [0.2, 0.25) is 0 Å². The molecule has 0 saturated heterocycles. The van der Waals surface area contributed by atoms with E-state index in [0.29, 0.717) is 23.7 Å². The number of aromatic nitrogens is 2. The van der Waals surface area contributed by atoms with Gasteiger partial charge in [-0.25, -0.2) is 8.42 Å². The lowest BCUT2D eigenvalue weighted by Crippen LogP contribution is -2.15. The summed E-state index contributed by atoms with van der Waals surface area (Å²) in [7, 11) is -0.936. The molecule has 2 rings (SSSR count). The molecule has 1 aromatic carbocycles. The number of hydrogen-bond donors (Lipinski definition) is 1. The molecule has 2 aromatic rings. The fraction of sp³-hybridized carbons (Fsp3) is 0.400. The largest absolute Gasteiger partial charge is 0.497 e. The third-order valence-electron chi connectivity index (χ3n) is 3.58. The van der Waals surface area contributed by atoms with Crippen molar-refractivity contribution in [3.8, 4) is 11.5 Å². The summed E-state index contributed by atoms with van der Waals surface area (Å²) in [6, 6.07) is 4.63. The number of anilines is 1. The fourth-order valence-electron chi connectivity index (χ4n) is 2.34. The minimum Gasteiger partial charge on any atom is -0.497 e. The zero-order chi connectivity index (χ0) is 17.2. The van der Waals surface area contributed by atoms with E-state index >= 15 is 0 Å². The number of sulfonamides is 1. The van der Waals surface area contributed by atoms with Gasteiger partial charge >= 0.3 is 0 Å². The van der Waals surface area contributed by atoms with Gasteiger partial charge in [-0.05, 0) is 32.9 Å². The number of hydrogen-bond acceptors (Lipinski definition) is 5. The summed E-state index contributed by atoms with van der Waals surface area (Å²) >= 11 is 0.